The summed E-state index contributed by atoms with van der Waals surface area (Å²) >= 11 is -0.442. The Bertz CT molecular complexity index is 1840. The van der Waals surface area contributed by atoms with Crippen LogP contribution in [0.15, 0.2) is 97.6 Å². The zero-order valence-corrected chi connectivity index (χ0v) is 26.3. The van der Waals surface area contributed by atoms with E-state index in [0.717, 1.165) is 4.90 Å². The molecule has 2 amide bonds. The molecule has 0 bridgehead atoms. The Kier molecular flexibility index (Phi) is 9.73. The van der Waals surface area contributed by atoms with Crippen molar-refractivity contribution < 1.29 is 34.2 Å². The number of para-hydroxylation sites is 1. The van der Waals surface area contributed by atoms with Crippen LogP contribution in [0.3, 0.4) is 0 Å². The second-order valence-corrected chi connectivity index (χ2v) is 12.8. The first-order valence-corrected chi connectivity index (χ1v) is 16.6. The van der Waals surface area contributed by atoms with Crippen molar-refractivity contribution in [3.63, 3.8) is 0 Å². The first kappa shape index (κ1) is 32.1. The molecule has 1 unspecified atom stereocenters. The number of rotatable bonds is 11. The summed E-state index contributed by atoms with van der Waals surface area (Å²) < 4.78 is 13.4. The van der Waals surface area contributed by atoms with Gasteiger partial charge in [-0.2, -0.15) is 0 Å². The van der Waals surface area contributed by atoms with E-state index in [2.05, 4.69) is 15.0 Å². The topological polar surface area (TPSA) is 183 Å². The number of amides is 2. The minimum atomic E-state index is -1.06. The van der Waals surface area contributed by atoms with E-state index in [9.17, 15) is 29.9 Å². The quantitative estimate of drug-likeness (QED) is 0.0678. The van der Waals surface area contributed by atoms with Crippen LogP contribution in [0.25, 0.3) is 11.2 Å². The van der Waals surface area contributed by atoms with E-state index in [1.54, 1.807) is 83.4 Å². The molecule has 2 aromatic heterocycles. The Morgan fingerprint density at radius 2 is 1.60 bits per heavy atom. The van der Waals surface area contributed by atoms with Crippen molar-refractivity contribution in [3.05, 3.63) is 124 Å². The fraction of sp³-hybridized carbons (Fsp3) is 0.219. The Morgan fingerprint density at radius 1 is 0.957 bits per heavy atom. The van der Waals surface area contributed by atoms with E-state index in [1.807, 2.05) is 0 Å². The van der Waals surface area contributed by atoms with Crippen molar-refractivity contribution in [2.45, 2.75) is 29.9 Å². The van der Waals surface area contributed by atoms with Gasteiger partial charge in [-0.15, -0.1) is 0 Å². The Labute approximate surface area is 273 Å². The Morgan fingerprint density at radius 3 is 2.23 bits per heavy atom. The van der Waals surface area contributed by atoms with Gasteiger partial charge in [0.15, 0.2) is 0 Å². The first-order chi connectivity index (χ1) is 22.9. The summed E-state index contributed by atoms with van der Waals surface area (Å²) in [5.74, 6) is -1.26. The third kappa shape index (κ3) is 6.53. The van der Waals surface area contributed by atoms with E-state index >= 15 is 0 Å². The van der Waals surface area contributed by atoms with Gasteiger partial charge in [-0.25, -0.2) is 0 Å². The van der Waals surface area contributed by atoms with Crippen LogP contribution in [0.1, 0.15) is 32.5 Å². The molecular formula is C32H28N6O8Se. The first-order valence-electron chi connectivity index (χ1n) is 14.4. The number of nitro groups is 1. The molecule has 0 aliphatic carbocycles. The summed E-state index contributed by atoms with van der Waals surface area (Å²) in [6, 6.07) is 23.0. The summed E-state index contributed by atoms with van der Waals surface area (Å²) in [6.07, 6.45) is -0.168. The molecule has 47 heavy (non-hydrogen) atoms. The number of nitrogens with zero attached hydrogens (tertiary/aromatic N) is 6. The van der Waals surface area contributed by atoms with Crippen LogP contribution in [0, 0.1) is 10.1 Å². The number of imidazole rings is 1. The van der Waals surface area contributed by atoms with Crippen LogP contribution in [0.4, 0.5) is 11.5 Å². The van der Waals surface area contributed by atoms with Gasteiger partial charge in [-0.1, -0.05) is 0 Å². The fourth-order valence-electron chi connectivity index (χ4n) is 5.26. The average molecular weight is 704 g/mol. The van der Waals surface area contributed by atoms with Gasteiger partial charge in [-0.05, 0) is 0 Å². The predicted octanol–water partition coefficient (Wildman–Crippen LogP) is 3.14. The van der Waals surface area contributed by atoms with E-state index in [-0.39, 0.29) is 45.9 Å². The molecule has 6 rings (SSSR count). The Balaban J connectivity index is 1.30. The number of hydrogen-bond donors (Lipinski definition) is 2. The normalized spacial score (nSPS) is 19.1. The number of benzene rings is 3. The van der Waals surface area contributed by atoms with Crippen LogP contribution in [0.2, 0.25) is 4.82 Å². The van der Waals surface area contributed by atoms with E-state index in [4.69, 9.17) is 9.47 Å². The molecule has 1 aliphatic heterocycles. The molecule has 3 aromatic carbocycles. The van der Waals surface area contributed by atoms with Crippen molar-refractivity contribution in [1.29, 1.82) is 0 Å². The van der Waals surface area contributed by atoms with Crippen molar-refractivity contribution in [3.8, 4) is 0 Å². The molecule has 14 nitrogen and oxygen atoms in total. The summed E-state index contributed by atoms with van der Waals surface area (Å²) in [4.78, 5) is 52.2. The summed E-state index contributed by atoms with van der Waals surface area (Å²) in [7, 11) is 0. The average Bonchev–Trinajstić information content (AvgIpc) is 3.68. The standard InChI is InChI=1S/C32H28N6O8Se/c39-15-24-26(40)27(47-19-45-16-22-13-7-8-14-23(22)38(43)44)32(46-24)36-18-35-25-28(36)33-17-34-29(25)37(30(41)20-9-3-1-4-10-20)31(42)21-11-5-2-6-12-21/h1-14,17-18,24,26-27,32,39-40H,15-16,19H2/t24-,26+,27?,32-/m1/s1. The number of ether oxygens (including phenoxy) is 2. The number of nitro benzene ring substituents is 1. The number of carbonyl (C=O) groups is 2. The third-order valence-corrected chi connectivity index (χ3v) is 10.1. The number of aliphatic hydroxyl groups is 2. The minimum absolute atomic E-state index is 0.00197. The van der Waals surface area contributed by atoms with Gasteiger partial charge in [0.05, 0.1) is 0 Å². The summed E-state index contributed by atoms with van der Waals surface area (Å²) in [5, 5.41) is 32.4. The van der Waals surface area contributed by atoms with E-state index < -0.39 is 61.6 Å². The molecule has 5 aromatic rings. The van der Waals surface area contributed by atoms with Crippen molar-refractivity contribution >= 4 is 49.4 Å². The number of aliphatic hydroxyl groups excluding tert-OH is 2. The van der Waals surface area contributed by atoms with Gasteiger partial charge in [0, 0.05) is 0 Å². The SMILES string of the molecule is O=C(c1ccccc1)N(C(=O)c1ccccc1)c1ncnc2c1ncn2[C@@H]1O[C@H](CO)[C@H](O)C1[Se]COCc1ccccc1[N+](=O)[O-]. The number of hydrogen-bond acceptors (Lipinski definition) is 11. The van der Waals surface area contributed by atoms with Crippen LogP contribution >= 0.6 is 0 Å². The summed E-state index contributed by atoms with van der Waals surface area (Å²) in [5.41, 5.74) is 1.46. The monoisotopic (exact) mass is 704 g/mol. The third-order valence-electron chi connectivity index (χ3n) is 7.56. The van der Waals surface area contributed by atoms with Crippen molar-refractivity contribution in [1.82, 2.24) is 19.5 Å². The molecule has 0 spiro atoms. The molecule has 240 valence electrons. The predicted molar refractivity (Wildman–Crippen MR) is 169 cm³/mol. The van der Waals surface area contributed by atoms with Gasteiger partial charge in [-0.3, -0.25) is 0 Å². The number of fused-ring (bicyclic) bond motifs is 1. The van der Waals surface area contributed by atoms with Crippen LogP contribution in [0.5, 0.6) is 0 Å². The zero-order valence-electron chi connectivity index (χ0n) is 24.6. The van der Waals surface area contributed by atoms with Gasteiger partial charge in [0.2, 0.25) is 0 Å². The van der Waals surface area contributed by atoms with Crippen LogP contribution in [-0.4, -0.2) is 85.7 Å². The van der Waals surface area contributed by atoms with Crippen molar-refractivity contribution in [2.24, 2.45) is 0 Å². The van der Waals surface area contributed by atoms with Gasteiger partial charge >= 0.3 is 274 Å². The molecule has 0 saturated carbocycles. The van der Waals surface area contributed by atoms with Gasteiger partial charge in [0.25, 0.3) is 0 Å². The number of aromatic nitrogens is 4. The molecule has 4 atom stereocenters. The molecule has 3 heterocycles. The molecular weight excluding hydrogens is 675 g/mol. The van der Waals surface area contributed by atoms with E-state index in [1.165, 1.54) is 18.7 Å². The second kappa shape index (κ2) is 14.3. The molecule has 0 radical (unpaired) electrons. The second-order valence-electron chi connectivity index (χ2n) is 10.4. The van der Waals surface area contributed by atoms with Gasteiger partial charge in [0.1, 0.15) is 0 Å². The van der Waals surface area contributed by atoms with Crippen molar-refractivity contribution in [2.75, 3.05) is 17.0 Å². The molecule has 15 heteroatoms. The Hall–Kier alpha value is -4.89. The van der Waals surface area contributed by atoms with Crippen LogP contribution in [-0.2, 0) is 16.1 Å². The zero-order chi connectivity index (χ0) is 32.9. The molecule has 1 fully saturated rings. The number of anilines is 1. The fourth-order valence-corrected chi connectivity index (χ4v) is 7.50. The van der Waals surface area contributed by atoms with E-state index in [0.29, 0.717) is 5.56 Å². The molecule has 1 aliphatic rings. The maximum absolute atomic E-state index is 13.8. The van der Waals surface area contributed by atoms with Gasteiger partial charge < -0.3 is 0 Å². The summed E-state index contributed by atoms with van der Waals surface area (Å²) in [6.45, 7) is -0.443. The number of carbonyl (C=O) groups excluding carboxylic acids is 2. The maximum atomic E-state index is 13.8. The molecule has 2 N–H and O–H groups in total. The number of imide groups is 1. The molecule has 1 saturated heterocycles. The van der Waals surface area contributed by atoms with Crippen LogP contribution < -0.4 is 4.90 Å².